The Hall–Kier alpha value is -1.72. The van der Waals surface area contributed by atoms with Crippen molar-refractivity contribution in [3.05, 3.63) is 0 Å². The molecule has 0 saturated carbocycles. The van der Waals surface area contributed by atoms with E-state index in [0.717, 1.165) is 4.90 Å². The van der Waals surface area contributed by atoms with E-state index >= 15 is 0 Å². The molecule has 12 nitrogen and oxygen atoms in total. The molecule has 1 saturated heterocycles. The first-order valence-electron chi connectivity index (χ1n) is 7.73. The topological polar surface area (TPSA) is 163 Å². The third-order valence-electron chi connectivity index (χ3n) is 3.42. The van der Waals surface area contributed by atoms with Gasteiger partial charge in [-0.25, -0.2) is 13.9 Å². The summed E-state index contributed by atoms with van der Waals surface area (Å²) in [6.07, 6.45) is -1.15. The molecule has 0 spiro atoms. The van der Waals surface area contributed by atoms with E-state index in [1.807, 2.05) is 0 Å². The first-order chi connectivity index (χ1) is 12.0. The van der Waals surface area contributed by atoms with Crippen LogP contribution in [0, 0.1) is 5.92 Å². The average Bonchev–Trinajstić information content (AvgIpc) is 2.52. The van der Waals surface area contributed by atoms with E-state index in [9.17, 15) is 18.9 Å². The third-order valence-corrected chi connectivity index (χ3v) is 3.87. The zero-order valence-corrected chi connectivity index (χ0v) is 15.3. The molecule has 3 N–H and O–H groups in total. The van der Waals surface area contributed by atoms with Crippen molar-refractivity contribution in [3.63, 3.8) is 0 Å². The number of phosphoric acid groups is 1. The zero-order valence-electron chi connectivity index (χ0n) is 14.4. The van der Waals surface area contributed by atoms with Crippen molar-refractivity contribution in [1.82, 2.24) is 9.80 Å². The molecule has 0 aliphatic carbocycles. The third kappa shape index (κ3) is 7.67. The molecule has 13 heteroatoms. The van der Waals surface area contributed by atoms with Crippen molar-refractivity contribution in [2.45, 2.75) is 19.9 Å². The fourth-order valence-electron chi connectivity index (χ4n) is 2.29. The lowest BCUT2D eigenvalue weighted by Gasteiger charge is -2.38. The molecule has 1 heterocycles. The minimum Gasteiger partial charge on any atom is -0.480 e. The second kappa shape index (κ2) is 9.83. The van der Waals surface area contributed by atoms with Crippen LogP contribution in [-0.4, -0.2) is 88.3 Å². The molecule has 0 aromatic rings. The summed E-state index contributed by atoms with van der Waals surface area (Å²) in [5.74, 6) is -1.77. The van der Waals surface area contributed by atoms with E-state index < -0.39 is 39.3 Å². The summed E-state index contributed by atoms with van der Waals surface area (Å²) in [5, 5.41) is 8.96. The number of carbonyl (C=O) groups is 3. The molecule has 26 heavy (non-hydrogen) atoms. The maximum atomic E-state index is 12.3. The fraction of sp³-hybridized carbons (Fsp3) is 0.769. The molecular formula is C13H23N2O10P. The van der Waals surface area contributed by atoms with Crippen LogP contribution >= 0.6 is 7.82 Å². The minimum absolute atomic E-state index is 0.112. The van der Waals surface area contributed by atoms with Crippen LogP contribution in [0.25, 0.3) is 0 Å². The van der Waals surface area contributed by atoms with Crippen LogP contribution in [0.5, 0.6) is 0 Å². The van der Waals surface area contributed by atoms with Crippen molar-refractivity contribution in [3.8, 4) is 0 Å². The van der Waals surface area contributed by atoms with Gasteiger partial charge in [0.25, 0.3) is 0 Å². The highest BCUT2D eigenvalue weighted by Gasteiger charge is 2.32. The molecule has 150 valence electrons. The molecule has 0 aromatic carbocycles. The van der Waals surface area contributed by atoms with Crippen molar-refractivity contribution < 1.29 is 47.8 Å². The molecule has 1 rings (SSSR count). The van der Waals surface area contributed by atoms with E-state index in [1.165, 1.54) is 4.90 Å². The lowest BCUT2D eigenvalue weighted by molar-refractivity contribution is -0.144. The number of ether oxygens (including phenoxy) is 2. The predicted molar refractivity (Wildman–Crippen MR) is 84.8 cm³/mol. The Morgan fingerprint density at radius 2 is 2.00 bits per heavy atom. The summed E-state index contributed by atoms with van der Waals surface area (Å²) < 4.78 is 24.4. The van der Waals surface area contributed by atoms with E-state index in [2.05, 4.69) is 9.26 Å². The van der Waals surface area contributed by atoms with Crippen LogP contribution in [0.2, 0.25) is 0 Å². The number of hydrogen-bond donors (Lipinski definition) is 3. The van der Waals surface area contributed by atoms with Crippen LogP contribution in [-0.2, 0) is 28.2 Å². The Labute approximate surface area is 149 Å². The molecule has 0 bridgehead atoms. The largest absolute Gasteiger partial charge is 0.480 e. The highest BCUT2D eigenvalue weighted by molar-refractivity contribution is 7.46. The van der Waals surface area contributed by atoms with Gasteiger partial charge < -0.3 is 29.3 Å². The van der Waals surface area contributed by atoms with Gasteiger partial charge in [-0.15, -0.1) is 0 Å². The van der Waals surface area contributed by atoms with E-state index in [0.29, 0.717) is 13.2 Å². The second-order valence-corrected chi connectivity index (χ2v) is 7.08. The molecule has 1 unspecified atom stereocenters. The van der Waals surface area contributed by atoms with Crippen LogP contribution < -0.4 is 0 Å². The van der Waals surface area contributed by atoms with Gasteiger partial charge in [0.05, 0.1) is 19.3 Å². The van der Waals surface area contributed by atoms with Crippen molar-refractivity contribution in [2.24, 2.45) is 5.92 Å². The van der Waals surface area contributed by atoms with Gasteiger partial charge in [0, 0.05) is 19.0 Å². The van der Waals surface area contributed by atoms with Gasteiger partial charge in [0.15, 0.2) is 0 Å². The number of aliphatic carboxylic acids is 1. The van der Waals surface area contributed by atoms with E-state index in [1.54, 1.807) is 13.8 Å². The fourth-order valence-corrected chi connectivity index (χ4v) is 2.48. The SMILES string of the molecule is CC(C)C(=O)N1CCOCC1CN(CC(=O)O)C(=O)OCOP(=O)(O)O. The summed E-state index contributed by atoms with van der Waals surface area (Å²) >= 11 is 0. The Kier molecular flexibility index (Phi) is 8.44. The molecule has 2 amide bonds. The van der Waals surface area contributed by atoms with Gasteiger partial charge in [-0.1, -0.05) is 13.8 Å². The van der Waals surface area contributed by atoms with Crippen molar-refractivity contribution in [1.29, 1.82) is 0 Å². The molecule has 1 aliphatic heterocycles. The first kappa shape index (κ1) is 22.3. The van der Waals surface area contributed by atoms with Gasteiger partial charge in [-0.05, 0) is 0 Å². The lowest BCUT2D eigenvalue weighted by atomic mass is 10.1. The molecular weight excluding hydrogens is 375 g/mol. The number of hydrogen-bond acceptors (Lipinski definition) is 7. The number of carboxylic acids is 1. The number of amides is 2. The Bertz CT molecular complexity index is 563. The predicted octanol–water partition coefficient (Wildman–Crippen LogP) is -0.540. The van der Waals surface area contributed by atoms with E-state index in [4.69, 9.17) is 19.6 Å². The monoisotopic (exact) mass is 398 g/mol. The van der Waals surface area contributed by atoms with Gasteiger partial charge in [-0.2, -0.15) is 0 Å². The van der Waals surface area contributed by atoms with Gasteiger partial charge in [0.2, 0.25) is 12.7 Å². The van der Waals surface area contributed by atoms with Crippen LogP contribution in [0.15, 0.2) is 0 Å². The molecule has 0 radical (unpaired) electrons. The summed E-state index contributed by atoms with van der Waals surface area (Å²) in [5.41, 5.74) is 0. The number of phosphoric ester groups is 1. The molecule has 1 aliphatic rings. The number of carboxylic acid groups (broad SMARTS) is 1. The quantitative estimate of drug-likeness (QED) is 0.357. The van der Waals surface area contributed by atoms with Gasteiger partial charge in [0.1, 0.15) is 6.54 Å². The smallest absolute Gasteiger partial charge is 0.472 e. The zero-order chi connectivity index (χ0) is 19.9. The number of rotatable bonds is 8. The van der Waals surface area contributed by atoms with Crippen LogP contribution in [0.4, 0.5) is 4.79 Å². The summed E-state index contributed by atoms with van der Waals surface area (Å²) in [7, 11) is -4.83. The van der Waals surface area contributed by atoms with Crippen LogP contribution in [0.3, 0.4) is 0 Å². The highest BCUT2D eigenvalue weighted by Crippen LogP contribution is 2.35. The Morgan fingerprint density at radius 1 is 1.35 bits per heavy atom. The summed E-state index contributed by atoms with van der Waals surface area (Å²) in [6.45, 7) is 2.23. The second-order valence-electron chi connectivity index (χ2n) is 5.84. The lowest BCUT2D eigenvalue weighted by Crippen LogP contribution is -2.56. The first-order valence-corrected chi connectivity index (χ1v) is 9.26. The highest BCUT2D eigenvalue weighted by atomic mass is 31.2. The summed E-state index contributed by atoms with van der Waals surface area (Å²) in [4.78, 5) is 54.7. The Balaban J connectivity index is 2.77. The minimum atomic E-state index is -4.83. The number of nitrogens with zero attached hydrogens (tertiary/aromatic N) is 2. The number of morpholine rings is 1. The number of carbonyl (C=O) groups excluding carboxylic acids is 2. The maximum absolute atomic E-state index is 12.3. The Morgan fingerprint density at radius 3 is 2.54 bits per heavy atom. The standard InChI is InChI=1S/C13H23N2O10P/c1-9(2)12(18)15-3-4-23-7-10(15)5-14(6-11(16)17)13(19)24-8-25-26(20,21)22/h9-10H,3-8H2,1-2H3,(H,16,17)(H2,20,21,22). The van der Waals surface area contributed by atoms with Gasteiger partial charge in [-0.3, -0.25) is 14.5 Å². The average molecular weight is 398 g/mol. The summed E-state index contributed by atoms with van der Waals surface area (Å²) in [6, 6.07) is -0.576. The molecule has 1 atom stereocenters. The molecule has 1 fully saturated rings. The normalized spacial score (nSPS) is 17.9. The van der Waals surface area contributed by atoms with E-state index in [-0.39, 0.29) is 25.0 Å². The van der Waals surface area contributed by atoms with Crippen molar-refractivity contribution in [2.75, 3.05) is 39.6 Å². The molecule has 0 aromatic heterocycles. The van der Waals surface area contributed by atoms with Crippen LogP contribution in [0.1, 0.15) is 13.8 Å². The van der Waals surface area contributed by atoms with Gasteiger partial charge >= 0.3 is 19.9 Å². The van der Waals surface area contributed by atoms with Crippen molar-refractivity contribution >= 4 is 25.8 Å². The maximum Gasteiger partial charge on any atom is 0.472 e.